The molecule has 0 amide bonds. The molecule has 0 fully saturated rings. The van der Waals surface area contributed by atoms with Gasteiger partial charge >= 0.3 is 0 Å². The second kappa shape index (κ2) is 8.74. The third-order valence-corrected chi connectivity index (χ3v) is 5.02. The molecule has 0 spiro atoms. The van der Waals surface area contributed by atoms with Gasteiger partial charge in [-0.2, -0.15) is 0 Å². The van der Waals surface area contributed by atoms with Crippen molar-refractivity contribution >= 4 is 11.4 Å². The first-order chi connectivity index (χ1) is 14.2. The van der Waals surface area contributed by atoms with Gasteiger partial charge in [0.05, 0.1) is 24.6 Å². The largest absolute Gasteiger partial charge is 0.467 e. The number of hydrogen-bond acceptors (Lipinski definition) is 4. The number of anilines is 2. The molecule has 2 unspecified atom stereocenters. The molecule has 0 aliphatic carbocycles. The minimum absolute atomic E-state index is 0.138. The zero-order valence-corrected chi connectivity index (χ0v) is 16.8. The molecule has 148 valence electrons. The van der Waals surface area contributed by atoms with Crippen LogP contribution in [0.1, 0.15) is 48.6 Å². The van der Waals surface area contributed by atoms with Crippen molar-refractivity contribution in [3.05, 3.63) is 108 Å². The van der Waals surface area contributed by atoms with Crippen molar-refractivity contribution < 1.29 is 8.83 Å². The number of hydrogen-bond donors (Lipinski definition) is 2. The minimum atomic E-state index is 0.138. The van der Waals surface area contributed by atoms with Gasteiger partial charge in [-0.1, -0.05) is 24.3 Å². The molecular formula is C25H26N2O2. The smallest absolute Gasteiger partial charge is 0.125 e. The fraction of sp³-hybridized carbons (Fsp3) is 0.200. The van der Waals surface area contributed by atoms with Gasteiger partial charge in [0.1, 0.15) is 11.5 Å². The van der Waals surface area contributed by atoms with Crippen LogP contribution >= 0.6 is 0 Å². The van der Waals surface area contributed by atoms with Crippen molar-refractivity contribution in [2.75, 3.05) is 10.6 Å². The Bertz CT molecular complexity index is 904. The molecule has 0 aliphatic rings. The highest BCUT2D eigenvalue weighted by Gasteiger charge is 2.09. The molecule has 2 aromatic carbocycles. The summed E-state index contributed by atoms with van der Waals surface area (Å²) in [5, 5.41) is 6.93. The van der Waals surface area contributed by atoms with E-state index in [0.717, 1.165) is 29.3 Å². The zero-order chi connectivity index (χ0) is 20.1. The van der Waals surface area contributed by atoms with Gasteiger partial charge in [0.25, 0.3) is 0 Å². The summed E-state index contributed by atoms with van der Waals surface area (Å²) in [6.07, 6.45) is 4.31. The Balaban J connectivity index is 1.33. The maximum atomic E-state index is 5.45. The number of benzene rings is 2. The highest BCUT2D eigenvalue weighted by atomic mass is 16.3. The lowest BCUT2D eigenvalue weighted by Crippen LogP contribution is -2.05. The highest BCUT2D eigenvalue weighted by Crippen LogP contribution is 2.22. The molecule has 2 atom stereocenters. The first kappa shape index (κ1) is 18.9. The molecule has 0 saturated heterocycles. The summed E-state index contributed by atoms with van der Waals surface area (Å²) in [5.41, 5.74) is 4.74. The number of furan rings is 2. The van der Waals surface area contributed by atoms with Gasteiger partial charge in [-0.3, -0.25) is 0 Å². The lowest BCUT2D eigenvalue weighted by atomic mass is 10.0. The van der Waals surface area contributed by atoms with E-state index in [-0.39, 0.29) is 12.1 Å². The van der Waals surface area contributed by atoms with Crippen LogP contribution in [0.25, 0.3) is 0 Å². The van der Waals surface area contributed by atoms with Crippen molar-refractivity contribution in [3.8, 4) is 0 Å². The van der Waals surface area contributed by atoms with Gasteiger partial charge in [-0.05, 0) is 79.9 Å². The van der Waals surface area contributed by atoms with Crippen molar-refractivity contribution in [3.63, 3.8) is 0 Å². The predicted octanol–water partition coefficient (Wildman–Crippen LogP) is 6.81. The third kappa shape index (κ3) is 4.91. The number of nitrogens with one attached hydrogen (secondary N) is 2. The molecule has 0 aliphatic heterocycles. The maximum absolute atomic E-state index is 5.45. The molecule has 29 heavy (non-hydrogen) atoms. The molecule has 4 rings (SSSR count). The molecular weight excluding hydrogens is 360 g/mol. The summed E-state index contributed by atoms with van der Waals surface area (Å²) in [6.45, 7) is 4.18. The monoisotopic (exact) mass is 386 g/mol. The molecule has 4 heteroatoms. The van der Waals surface area contributed by atoms with Crippen LogP contribution in [0.15, 0.2) is 94.2 Å². The summed E-state index contributed by atoms with van der Waals surface area (Å²) in [6, 6.07) is 25.2. The van der Waals surface area contributed by atoms with Gasteiger partial charge in [-0.15, -0.1) is 0 Å². The van der Waals surface area contributed by atoms with Crippen LogP contribution in [0.3, 0.4) is 0 Å². The molecule has 0 bridgehead atoms. The van der Waals surface area contributed by atoms with Crippen LogP contribution in [0.5, 0.6) is 0 Å². The van der Waals surface area contributed by atoms with Crippen LogP contribution in [-0.2, 0) is 6.42 Å². The second-order valence-corrected chi connectivity index (χ2v) is 7.33. The van der Waals surface area contributed by atoms with Crippen molar-refractivity contribution in [2.24, 2.45) is 0 Å². The van der Waals surface area contributed by atoms with Crippen molar-refractivity contribution in [1.82, 2.24) is 0 Å². The van der Waals surface area contributed by atoms with Crippen molar-refractivity contribution in [1.29, 1.82) is 0 Å². The Labute approximate surface area is 171 Å². The predicted molar refractivity (Wildman–Crippen MR) is 117 cm³/mol. The Morgan fingerprint density at radius 2 is 1.03 bits per heavy atom. The first-order valence-electron chi connectivity index (χ1n) is 9.95. The maximum Gasteiger partial charge on any atom is 0.125 e. The normalized spacial score (nSPS) is 13.0. The average molecular weight is 386 g/mol. The zero-order valence-electron chi connectivity index (χ0n) is 16.8. The van der Waals surface area contributed by atoms with E-state index in [1.807, 2.05) is 24.3 Å². The Kier molecular flexibility index (Phi) is 5.71. The minimum Gasteiger partial charge on any atom is -0.467 e. The Morgan fingerprint density at radius 1 is 0.621 bits per heavy atom. The summed E-state index contributed by atoms with van der Waals surface area (Å²) in [7, 11) is 0. The fourth-order valence-corrected chi connectivity index (χ4v) is 3.39. The SMILES string of the molecule is CC(Nc1ccc(Cc2ccc(NC(C)c3ccco3)cc2)cc1)c1ccco1. The van der Waals surface area contributed by atoms with Gasteiger partial charge in [0, 0.05) is 11.4 Å². The summed E-state index contributed by atoms with van der Waals surface area (Å²) < 4.78 is 10.9. The Morgan fingerprint density at radius 3 is 1.38 bits per heavy atom. The topological polar surface area (TPSA) is 50.3 Å². The quantitative estimate of drug-likeness (QED) is 0.349. The molecule has 0 radical (unpaired) electrons. The van der Waals surface area contributed by atoms with Gasteiger partial charge in [-0.25, -0.2) is 0 Å². The highest BCUT2D eigenvalue weighted by molar-refractivity contribution is 5.49. The molecule has 2 aromatic heterocycles. The van der Waals surface area contributed by atoms with E-state index in [0.29, 0.717) is 0 Å². The van der Waals surface area contributed by atoms with E-state index < -0.39 is 0 Å². The van der Waals surface area contributed by atoms with E-state index in [1.54, 1.807) is 12.5 Å². The van der Waals surface area contributed by atoms with E-state index in [1.165, 1.54) is 11.1 Å². The third-order valence-electron chi connectivity index (χ3n) is 5.02. The average Bonchev–Trinajstić information content (AvgIpc) is 3.45. The van der Waals surface area contributed by atoms with E-state index in [2.05, 4.69) is 73.0 Å². The van der Waals surface area contributed by atoms with Crippen LogP contribution in [0.2, 0.25) is 0 Å². The van der Waals surface area contributed by atoms with Gasteiger partial charge in [0.15, 0.2) is 0 Å². The van der Waals surface area contributed by atoms with Gasteiger partial charge in [0.2, 0.25) is 0 Å². The number of rotatable bonds is 8. The van der Waals surface area contributed by atoms with E-state index in [4.69, 9.17) is 8.83 Å². The summed E-state index contributed by atoms with van der Waals surface area (Å²) in [5.74, 6) is 1.87. The molecule has 2 N–H and O–H groups in total. The lowest BCUT2D eigenvalue weighted by Gasteiger charge is -2.14. The molecule has 4 aromatic rings. The van der Waals surface area contributed by atoms with E-state index in [9.17, 15) is 0 Å². The van der Waals surface area contributed by atoms with Gasteiger partial charge < -0.3 is 19.5 Å². The molecule has 0 saturated carbocycles. The fourth-order valence-electron chi connectivity index (χ4n) is 3.39. The van der Waals surface area contributed by atoms with Crippen LogP contribution in [0, 0.1) is 0 Å². The van der Waals surface area contributed by atoms with E-state index >= 15 is 0 Å². The van der Waals surface area contributed by atoms with Crippen LogP contribution in [-0.4, -0.2) is 0 Å². The summed E-state index contributed by atoms with van der Waals surface area (Å²) >= 11 is 0. The molecule has 2 heterocycles. The van der Waals surface area contributed by atoms with Crippen molar-refractivity contribution in [2.45, 2.75) is 32.4 Å². The summed E-state index contributed by atoms with van der Waals surface area (Å²) in [4.78, 5) is 0. The van der Waals surface area contributed by atoms with Crippen LogP contribution < -0.4 is 10.6 Å². The second-order valence-electron chi connectivity index (χ2n) is 7.33. The van der Waals surface area contributed by atoms with Crippen LogP contribution in [0.4, 0.5) is 11.4 Å². The first-order valence-corrected chi connectivity index (χ1v) is 9.95. The molecule has 4 nitrogen and oxygen atoms in total. The standard InChI is InChI=1S/C25H26N2O2/c1-18(24-5-3-15-28-24)26-22-11-7-20(8-12-22)17-21-9-13-23(14-10-21)27-19(2)25-6-4-16-29-25/h3-16,18-19,26-27H,17H2,1-2H3. The Hall–Kier alpha value is -3.40. The lowest BCUT2D eigenvalue weighted by molar-refractivity contribution is 0.490.